The van der Waals surface area contributed by atoms with Crippen LogP contribution >= 0.6 is 0 Å². The van der Waals surface area contributed by atoms with Crippen molar-refractivity contribution >= 4 is 16.0 Å². The van der Waals surface area contributed by atoms with Crippen molar-refractivity contribution in [2.75, 3.05) is 37.2 Å². The summed E-state index contributed by atoms with van der Waals surface area (Å²) >= 11 is 0. The van der Waals surface area contributed by atoms with Crippen molar-refractivity contribution in [1.82, 2.24) is 24.8 Å². The zero-order valence-corrected chi connectivity index (χ0v) is 16.8. The molecule has 1 atom stereocenters. The van der Waals surface area contributed by atoms with E-state index in [0.29, 0.717) is 37.6 Å². The summed E-state index contributed by atoms with van der Waals surface area (Å²) in [6, 6.07) is 3.62. The van der Waals surface area contributed by atoms with E-state index in [0.717, 1.165) is 17.7 Å². The van der Waals surface area contributed by atoms with E-state index in [1.807, 2.05) is 18.0 Å². The van der Waals surface area contributed by atoms with Crippen molar-refractivity contribution in [3.05, 3.63) is 35.8 Å². The summed E-state index contributed by atoms with van der Waals surface area (Å²) in [7, 11) is -1.78. The van der Waals surface area contributed by atoms with Crippen LogP contribution in [0.3, 0.4) is 0 Å². The zero-order chi connectivity index (χ0) is 20.4. The lowest BCUT2D eigenvalue weighted by Gasteiger charge is -2.29. The Labute approximate surface area is 169 Å². The predicted molar refractivity (Wildman–Crippen MR) is 105 cm³/mol. The van der Waals surface area contributed by atoms with Crippen molar-refractivity contribution in [3.63, 3.8) is 0 Å². The Morgan fingerprint density at radius 1 is 1.38 bits per heavy atom. The summed E-state index contributed by atoms with van der Waals surface area (Å²) in [6.45, 7) is 2.52. The number of nitriles is 1. The fourth-order valence-electron chi connectivity index (χ4n) is 3.51. The molecule has 0 amide bonds. The van der Waals surface area contributed by atoms with E-state index in [-0.39, 0.29) is 11.7 Å². The maximum atomic E-state index is 12.7. The lowest BCUT2D eigenvalue weighted by Crippen LogP contribution is -2.44. The SMILES string of the molecule is CN1CCOC(CS(=O)(=O)Nc2nc3c(c(-c4cccnc4)n2)CN(C#N)C3)C1. The van der Waals surface area contributed by atoms with Crippen LogP contribution in [0.1, 0.15) is 11.3 Å². The number of sulfonamides is 1. The van der Waals surface area contributed by atoms with E-state index in [9.17, 15) is 13.7 Å². The predicted octanol–water partition coefficient (Wildman–Crippen LogP) is 0.408. The molecule has 152 valence electrons. The third-order valence-electron chi connectivity index (χ3n) is 4.85. The third kappa shape index (κ3) is 4.45. The first-order valence-corrected chi connectivity index (χ1v) is 10.8. The molecule has 2 aromatic rings. The number of nitrogens with zero attached hydrogens (tertiary/aromatic N) is 6. The topological polar surface area (TPSA) is 124 Å². The van der Waals surface area contributed by atoms with Crippen molar-refractivity contribution in [2.45, 2.75) is 19.2 Å². The Balaban J connectivity index is 1.62. The molecule has 0 radical (unpaired) electrons. The van der Waals surface area contributed by atoms with E-state index >= 15 is 0 Å². The fraction of sp³-hybridized carbons (Fsp3) is 0.444. The monoisotopic (exact) mass is 415 g/mol. The standard InChI is InChI=1S/C18H21N7O3S/c1-24-5-6-28-14(8-24)11-29(26,27)23-18-21-16-10-25(12-19)9-15(16)17(22-18)13-3-2-4-20-7-13/h2-4,7,14H,5-6,8-11H2,1H3,(H,21,22,23). The number of anilines is 1. The average molecular weight is 415 g/mol. The van der Waals surface area contributed by atoms with E-state index in [1.165, 1.54) is 0 Å². The molecule has 1 unspecified atom stereocenters. The molecule has 4 rings (SSSR count). The summed E-state index contributed by atoms with van der Waals surface area (Å²) in [6.07, 6.45) is 5.00. The van der Waals surface area contributed by atoms with Crippen LogP contribution in [0.2, 0.25) is 0 Å². The van der Waals surface area contributed by atoms with Crippen LogP contribution < -0.4 is 4.72 Å². The molecule has 10 nitrogen and oxygen atoms in total. The minimum absolute atomic E-state index is 0.00782. The summed E-state index contributed by atoms with van der Waals surface area (Å²) in [5.74, 6) is -0.184. The first-order valence-electron chi connectivity index (χ1n) is 9.19. The first-order chi connectivity index (χ1) is 13.9. The number of nitrogens with one attached hydrogen (secondary N) is 1. The van der Waals surface area contributed by atoms with Crippen LogP contribution in [-0.2, 0) is 27.8 Å². The Morgan fingerprint density at radius 2 is 2.24 bits per heavy atom. The van der Waals surface area contributed by atoms with Crippen LogP contribution in [0.4, 0.5) is 5.95 Å². The van der Waals surface area contributed by atoms with Crippen LogP contribution in [0.15, 0.2) is 24.5 Å². The van der Waals surface area contributed by atoms with Gasteiger partial charge in [-0.25, -0.2) is 18.4 Å². The minimum atomic E-state index is -3.71. The van der Waals surface area contributed by atoms with Gasteiger partial charge in [0.25, 0.3) is 0 Å². The van der Waals surface area contributed by atoms with Gasteiger partial charge in [-0.15, -0.1) is 0 Å². The Hall–Kier alpha value is -2.81. The van der Waals surface area contributed by atoms with Crippen LogP contribution in [0, 0.1) is 11.5 Å². The van der Waals surface area contributed by atoms with Crippen LogP contribution in [-0.4, -0.2) is 71.8 Å². The molecule has 1 N–H and O–H groups in total. The summed E-state index contributed by atoms with van der Waals surface area (Å²) in [5.41, 5.74) is 2.75. The molecule has 1 saturated heterocycles. The minimum Gasteiger partial charge on any atom is -0.374 e. The lowest BCUT2D eigenvalue weighted by atomic mass is 10.1. The summed E-state index contributed by atoms with van der Waals surface area (Å²) < 4.78 is 33.4. The molecule has 0 saturated carbocycles. The molecule has 1 fully saturated rings. The fourth-order valence-corrected chi connectivity index (χ4v) is 4.65. The van der Waals surface area contributed by atoms with E-state index in [2.05, 4.69) is 25.9 Å². The molecule has 4 heterocycles. The van der Waals surface area contributed by atoms with Gasteiger partial charge in [-0.1, -0.05) is 0 Å². The largest absolute Gasteiger partial charge is 0.374 e. The van der Waals surface area contributed by atoms with Gasteiger partial charge in [0, 0.05) is 36.6 Å². The van der Waals surface area contributed by atoms with E-state index in [4.69, 9.17) is 4.74 Å². The number of rotatable bonds is 5. The molecular weight excluding hydrogens is 394 g/mol. The molecular formula is C18H21N7O3S. The molecule has 0 bridgehead atoms. The highest BCUT2D eigenvalue weighted by molar-refractivity contribution is 7.92. The number of fused-ring (bicyclic) bond motifs is 1. The summed E-state index contributed by atoms with van der Waals surface area (Å²) in [5, 5.41) is 9.25. The lowest BCUT2D eigenvalue weighted by molar-refractivity contribution is -0.00675. The molecule has 2 aliphatic rings. The van der Waals surface area contributed by atoms with Gasteiger partial charge in [0.2, 0.25) is 16.0 Å². The molecule has 11 heteroatoms. The third-order valence-corrected chi connectivity index (χ3v) is 6.16. The number of hydrogen-bond donors (Lipinski definition) is 1. The van der Waals surface area contributed by atoms with Gasteiger partial charge < -0.3 is 14.5 Å². The summed E-state index contributed by atoms with van der Waals surface area (Å²) in [4.78, 5) is 16.5. The number of hydrogen-bond acceptors (Lipinski definition) is 9. The van der Waals surface area contributed by atoms with Gasteiger partial charge in [-0.3, -0.25) is 9.71 Å². The first kappa shape index (κ1) is 19.5. The average Bonchev–Trinajstić information content (AvgIpc) is 3.10. The molecule has 0 aliphatic carbocycles. The normalized spacial score (nSPS) is 19.6. The highest BCUT2D eigenvalue weighted by atomic mass is 32.2. The van der Waals surface area contributed by atoms with Crippen molar-refractivity contribution in [1.29, 1.82) is 5.26 Å². The number of aromatic nitrogens is 3. The van der Waals surface area contributed by atoms with Crippen molar-refractivity contribution in [2.24, 2.45) is 0 Å². The quantitative estimate of drug-likeness (QED) is 0.691. The Bertz CT molecular complexity index is 1040. The molecule has 0 aromatic carbocycles. The van der Waals surface area contributed by atoms with Crippen molar-refractivity contribution in [3.8, 4) is 17.5 Å². The molecule has 2 aromatic heterocycles. The highest BCUT2D eigenvalue weighted by Crippen LogP contribution is 2.31. The van der Waals surface area contributed by atoms with Gasteiger partial charge in [0.1, 0.15) is 0 Å². The van der Waals surface area contributed by atoms with E-state index in [1.54, 1.807) is 23.4 Å². The maximum Gasteiger partial charge on any atom is 0.237 e. The Morgan fingerprint density at radius 3 is 2.97 bits per heavy atom. The highest BCUT2D eigenvalue weighted by Gasteiger charge is 2.28. The second-order valence-electron chi connectivity index (χ2n) is 7.16. The van der Waals surface area contributed by atoms with Gasteiger partial charge in [0.15, 0.2) is 6.19 Å². The number of ether oxygens (including phenoxy) is 1. The maximum absolute atomic E-state index is 12.7. The van der Waals surface area contributed by atoms with Gasteiger partial charge >= 0.3 is 0 Å². The second kappa shape index (κ2) is 7.90. The van der Waals surface area contributed by atoms with Crippen molar-refractivity contribution < 1.29 is 13.2 Å². The Kier molecular flexibility index (Phi) is 5.31. The number of morpholine rings is 1. The van der Waals surface area contributed by atoms with E-state index < -0.39 is 16.1 Å². The van der Waals surface area contributed by atoms with Gasteiger partial charge in [-0.2, -0.15) is 5.26 Å². The molecule has 0 spiro atoms. The zero-order valence-electron chi connectivity index (χ0n) is 15.9. The van der Waals surface area contributed by atoms with Gasteiger partial charge in [-0.05, 0) is 19.2 Å². The van der Waals surface area contributed by atoms with Crippen LogP contribution in [0.25, 0.3) is 11.3 Å². The smallest absolute Gasteiger partial charge is 0.237 e. The molecule has 29 heavy (non-hydrogen) atoms. The van der Waals surface area contributed by atoms with Crippen LogP contribution in [0.5, 0.6) is 0 Å². The molecule has 2 aliphatic heterocycles. The number of likely N-dealkylation sites (N-methyl/N-ethyl adjacent to an activating group) is 1. The number of pyridine rings is 1. The van der Waals surface area contributed by atoms with Gasteiger partial charge in [0.05, 0.1) is 42.9 Å². The second-order valence-corrected chi connectivity index (χ2v) is 8.92.